The summed E-state index contributed by atoms with van der Waals surface area (Å²) in [6.45, 7) is 4.71. The van der Waals surface area contributed by atoms with Crippen molar-refractivity contribution in [2.24, 2.45) is 0 Å². The lowest BCUT2D eigenvalue weighted by Gasteiger charge is -2.21. The molecule has 0 bridgehead atoms. The summed E-state index contributed by atoms with van der Waals surface area (Å²) < 4.78 is 5.20. The van der Waals surface area contributed by atoms with Gasteiger partial charge in [0, 0.05) is 18.7 Å². The molecule has 0 spiro atoms. The topological polar surface area (TPSA) is 102 Å². The standard InChI is InChI=1S/C21H25N5O4S/c1-6-30-21(27)18-13(2)17-19(22-16(12-24(3)4)23-20(17)31-18)25(5)11-14-9-7-8-10-15(14)26(28)29/h7-10H,6,11-12H2,1-5H3. The van der Waals surface area contributed by atoms with Gasteiger partial charge in [-0.3, -0.25) is 10.1 Å². The number of carbonyl (C=O) groups is 1. The van der Waals surface area contributed by atoms with E-state index in [-0.39, 0.29) is 29.7 Å². The van der Waals surface area contributed by atoms with E-state index in [9.17, 15) is 14.9 Å². The summed E-state index contributed by atoms with van der Waals surface area (Å²) in [6.07, 6.45) is 0. The maximum absolute atomic E-state index is 12.4. The summed E-state index contributed by atoms with van der Waals surface area (Å²) in [7, 11) is 5.68. The summed E-state index contributed by atoms with van der Waals surface area (Å²) in [5.41, 5.74) is 1.39. The third-order valence-corrected chi connectivity index (χ3v) is 5.86. The van der Waals surface area contributed by atoms with Crippen LogP contribution in [0.1, 0.15) is 33.5 Å². The summed E-state index contributed by atoms with van der Waals surface area (Å²) in [5, 5.41) is 12.2. The van der Waals surface area contributed by atoms with Crippen molar-refractivity contribution in [1.82, 2.24) is 14.9 Å². The average molecular weight is 444 g/mol. The summed E-state index contributed by atoms with van der Waals surface area (Å²) in [5.74, 6) is 0.854. The van der Waals surface area contributed by atoms with Crippen molar-refractivity contribution in [3.63, 3.8) is 0 Å². The van der Waals surface area contributed by atoms with Gasteiger partial charge in [0.05, 0.1) is 30.0 Å². The van der Waals surface area contributed by atoms with Crippen molar-refractivity contribution in [2.45, 2.75) is 26.9 Å². The lowest BCUT2D eigenvalue weighted by Crippen LogP contribution is -2.21. The van der Waals surface area contributed by atoms with Gasteiger partial charge in [-0.25, -0.2) is 14.8 Å². The van der Waals surface area contributed by atoms with E-state index >= 15 is 0 Å². The molecule has 0 N–H and O–H groups in total. The van der Waals surface area contributed by atoms with Crippen molar-refractivity contribution >= 4 is 39.0 Å². The fourth-order valence-electron chi connectivity index (χ4n) is 3.33. The van der Waals surface area contributed by atoms with Crippen LogP contribution >= 0.6 is 11.3 Å². The molecule has 10 heteroatoms. The quantitative estimate of drug-likeness (QED) is 0.294. The number of aryl methyl sites for hydroxylation is 1. The highest BCUT2D eigenvalue weighted by molar-refractivity contribution is 7.20. The van der Waals surface area contributed by atoms with Crippen LogP contribution in [0.5, 0.6) is 0 Å². The van der Waals surface area contributed by atoms with E-state index in [0.717, 1.165) is 10.9 Å². The van der Waals surface area contributed by atoms with Crippen LogP contribution in [0.2, 0.25) is 0 Å². The number of para-hydroxylation sites is 1. The number of esters is 1. The molecule has 164 valence electrons. The molecule has 2 heterocycles. The number of fused-ring (bicyclic) bond motifs is 1. The summed E-state index contributed by atoms with van der Waals surface area (Å²) >= 11 is 1.28. The highest BCUT2D eigenvalue weighted by atomic mass is 32.1. The first kappa shape index (κ1) is 22.6. The largest absolute Gasteiger partial charge is 0.462 e. The van der Waals surface area contributed by atoms with Gasteiger partial charge in [-0.05, 0) is 33.5 Å². The number of benzene rings is 1. The molecule has 3 rings (SSSR count). The van der Waals surface area contributed by atoms with E-state index in [1.165, 1.54) is 17.4 Å². The molecule has 0 radical (unpaired) electrons. The lowest BCUT2D eigenvalue weighted by molar-refractivity contribution is -0.385. The maximum atomic E-state index is 12.4. The molecular weight excluding hydrogens is 418 g/mol. The SMILES string of the molecule is CCOC(=O)c1sc2nc(CN(C)C)nc(N(C)Cc3ccccc3[N+](=O)[O-])c2c1C. The number of nitro groups is 1. The van der Waals surface area contributed by atoms with E-state index in [4.69, 9.17) is 9.72 Å². The van der Waals surface area contributed by atoms with Gasteiger partial charge in [-0.1, -0.05) is 18.2 Å². The molecule has 0 aliphatic carbocycles. The van der Waals surface area contributed by atoms with Crippen LogP contribution in [-0.2, 0) is 17.8 Å². The third-order valence-electron chi connectivity index (χ3n) is 4.69. The monoisotopic (exact) mass is 443 g/mol. The van der Waals surface area contributed by atoms with Crippen LogP contribution in [-0.4, -0.2) is 53.5 Å². The van der Waals surface area contributed by atoms with Gasteiger partial charge in [0.1, 0.15) is 21.3 Å². The predicted molar refractivity (Wildman–Crippen MR) is 121 cm³/mol. The number of ether oxygens (including phenoxy) is 1. The van der Waals surface area contributed by atoms with Crippen LogP contribution in [0.25, 0.3) is 10.2 Å². The minimum Gasteiger partial charge on any atom is -0.462 e. The number of aromatic nitrogens is 2. The number of rotatable bonds is 8. The lowest BCUT2D eigenvalue weighted by atomic mass is 10.1. The molecule has 0 amide bonds. The van der Waals surface area contributed by atoms with Gasteiger partial charge in [0.2, 0.25) is 0 Å². The molecule has 0 aliphatic heterocycles. The van der Waals surface area contributed by atoms with E-state index in [2.05, 4.69) is 4.98 Å². The number of thiophene rings is 1. The number of carbonyl (C=O) groups excluding carboxylic acids is 1. The van der Waals surface area contributed by atoms with Gasteiger partial charge >= 0.3 is 5.97 Å². The summed E-state index contributed by atoms with van der Waals surface area (Å²) in [6, 6.07) is 6.65. The number of nitro benzene ring substituents is 1. The van der Waals surface area contributed by atoms with Crippen LogP contribution in [0, 0.1) is 17.0 Å². The normalized spacial score (nSPS) is 11.2. The molecule has 31 heavy (non-hydrogen) atoms. The van der Waals surface area contributed by atoms with E-state index in [1.807, 2.05) is 37.9 Å². The molecule has 0 aliphatic rings. The molecule has 9 nitrogen and oxygen atoms in total. The van der Waals surface area contributed by atoms with Gasteiger partial charge in [0.15, 0.2) is 0 Å². The zero-order valence-electron chi connectivity index (χ0n) is 18.2. The Labute approximate surface area is 184 Å². The second-order valence-electron chi connectivity index (χ2n) is 7.40. The molecule has 0 unspecified atom stereocenters. The Balaban J connectivity index is 2.12. The van der Waals surface area contributed by atoms with Gasteiger partial charge < -0.3 is 14.5 Å². The van der Waals surface area contributed by atoms with Crippen molar-refractivity contribution in [1.29, 1.82) is 0 Å². The van der Waals surface area contributed by atoms with Crippen molar-refractivity contribution < 1.29 is 14.5 Å². The molecular formula is C21H25N5O4S. The van der Waals surface area contributed by atoms with Crippen molar-refractivity contribution in [3.05, 3.63) is 56.2 Å². The van der Waals surface area contributed by atoms with Gasteiger partial charge in [0.25, 0.3) is 5.69 Å². The number of anilines is 1. The van der Waals surface area contributed by atoms with Crippen LogP contribution < -0.4 is 4.90 Å². The van der Waals surface area contributed by atoms with Crippen LogP contribution in [0.3, 0.4) is 0 Å². The maximum Gasteiger partial charge on any atom is 0.348 e. The first-order chi connectivity index (χ1) is 14.7. The number of nitrogens with zero attached hydrogens (tertiary/aromatic N) is 5. The summed E-state index contributed by atoms with van der Waals surface area (Å²) in [4.78, 5) is 37.9. The smallest absolute Gasteiger partial charge is 0.348 e. The van der Waals surface area contributed by atoms with Crippen LogP contribution in [0.15, 0.2) is 24.3 Å². The molecule has 0 saturated carbocycles. The third kappa shape index (κ3) is 4.80. The first-order valence-electron chi connectivity index (χ1n) is 9.78. The first-order valence-corrected chi connectivity index (χ1v) is 10.6. The molecule has 0 atom stereocenters. The minimum absolute atomic E-state index is 0.0578. The molecule has 3 aromatic rings. The molecule has 0 fully saturated rings. The fraction of sp³-hybridized carbons (Fsp3) is 0.381. The Bertz CT molecular complexity index is 1130. The zero-order chi connectivity index (χ0) is 22.7. The van der Waals surface area contributed by atoms with Crippen LogP contribution in [0.4, 0.5) is 11.5 Å². The molecule has 0 saturated heterocycles. The van der Waals surface area contributed by atoms with Gasteiger partial charge in [-0.2, -0.15) is 0 Å². The Hall–Kier alpha value is -3.11. The van der Waals surface area contributed by atoms with E-state index < -0.39 is 0 Å². The second-order valence-corrected chi connectivity index (χ2v) is 8.40. The fourth-order valence-corrected chi connectivity index (χ4v) is 4.42. The second kappa shape index (κ2) is 9.36. The minimum atomic E-state index is -0.385. The van der Waals surface area contributed by atoms with E-state index in [1.54, 1.807) is 25.1 Å². The highest BCUT2D eigenvalue weighted by Gasteiger charge is 2.24. The van der Waals surface area contributed by atoms with Gasteiger partial charge in [-0.15, -0.1) is 11.3 Å². The molecule has 1 aromatic carbocycles. The van der Waals surface area contributed by atoms with E-state index in [0.29, 0.717) is 33.5 Å². The Morgan fingerprint density at radius 2 is 1.90 bits per heavy atom. The number of hydrogen-bond donors (Lipinski definition) is 0. The van der Waals surface area contributed by atoms with Crippen molar-refractivity contribution in [2.75, 3.05) is 32.6 Å². The Morgan fingerprint density at radius 1 is 1.19 bits per heavy atom. The number of hydrogen-bond acceptors (Lipinski definition) is 9. The molecule has 2 aromatic heterocycles. The highest BCUT2D eigenvalue weighted by Crippen LogP contribution is 2.36. The zero-order valence-corrected chi connectivity index (χ0v) is 19.0. The van der Waals surface area contributed by atoms with Crippen molar-refractivity contribution in [3.8, 4) is 0 Å². The Morgan fingerprint density at radius 3 is 2.55 bits per heavy atom. The average Bonchev–Trinajstić information content (AvgIpc) is 3.04. The Kier molecular flexibility index (Phi) is 6.81. The predicted octanol–water partition coefficient (Wildman–Crippen LogP) is 3.78.